The van der Waals surface area contributed by atoms with Gasteiger partial charge in [0.05, 0.1) is 5.69 Å². The summed E-state index contributed by atoms with van der Waals surface area (Å²) in [5.74, 6) is 0. The van der Waals surface area contributed by atoms with Gasteiger partial charge < -0.3 is 0 Å². The molecule has 2 heteroatoms. The molecule has 0 bridgehead atoms. The Balaban J connectivity index is 1.81. The normalized spacial score (nSPS) is 11.2. The van der Waals surface area contributed by atoms with E-state index < -0.39 is 0 Å². The Hall–Kier alpha value is -2.45. The molecule has 0 unspecified atom stereocenters. The lowest BCUT2D eigenvalue weighted by atomic mass is 10.0. The second-order valence-electron chi connectivity index (χ2n) is 6.95. The van der Waals surface area contributed by atoms with Crippen LogP contribution in [0.15, 0.2) is 54.6 Å². The SMILES string of the molecule is Cc1cc(C)cc(-c2ccc3cc(-c4cc(C)cc(C)c4)sc3n2)c1. The molecule has 1 nitrogen and oxygen atoms in total. The molecule has 0 amide bonds. The van der Waals surface area contributed by atoms with Crippen molar-refractivity contribution in [3.8, 4) is 21.7 Å². The average molecular weight is 343 g/mol. The molecular formula is C23H21NS. The molecule has 0 fully saturated rings. The second kappa shape index (κ2) is 6.12. The van der Waals surface area contributed by atoms with E-state index in [1.54, 1.807) is 11.3 Å². The van der Waals surface area contributed by atoms with Gasteiger partial charge in [-0.3, -0.25) is 0 Å². The molecule has 2 heterocycles. The van der Waals surface area contributed by atoms with Crippen molar-refractivity contribution >= 4 is 21.6 Å². The van der Waals surface area contributed by atoms with Crippen molar-refractivity contribution < 1.29 is 0 Å². The van der Waals surface area contributed by atoms with Crippen LogP contribution in [0, 0.1) is 27.7 Å². The third-order valence-electron chi connectivity index (χ3n) is 4.41. The molecule has 0 aliphatic heterocycles. The molecule has 0 saturated heterocycles. The third-order valence-corrected chi connectivity index (χ3v) is 5.50. The molecule has 124 valence electrons. The number of nitrogens with zero attached hydrogens (tertiary/aromatic N) is 1. The minimum atomic E-state index is 1.05. The molecular weight excluding hydrogens is 322 g/mol. The largest absolute Gasteiger partial charge is 0.237 e. The van der Waals surface area contributed by atoms with Crippen molar-refractivity contribution in [2.24, 2.45) is 0 Å². The Morgan fingerprint density at radius 3 is 1.80 bits per heavy atom. The standard InChI is InChI=1S/C23H21NS/c1-14-7-15(2)10-19(9-14)21-6-5-18-13-22(25-23(18)24-21)20-11-16(3)8-17(4)12-20/h5-13H,1-4H3. The van der Waals surface area contributed by atoms with Crippen LogP contribution in [0.5, 0.6) is 0 Å². The number of aromatic nitrogens is 1. The monoisotopic (exact) mass is 343 g/mol. The van der Waals surface area contributed by atoms with Gasteiger partial charge in [-0.25, -0.2) is 4.98 Å². The van der Waals surface area contributed by atoms with Gasteiger partial charge in [0.15, 0.2) is 0 Å². The first-order valence-corrected chi connectivity index (χ1v) is 9.37. The quantitative estimate of drug-likeness (QED) is 0.387. The summed E-state index contributed by atoms with van der Waals surface area (Å²) in [6, 6.07) is 19.9. The van der Waals surface area contributed by atoms with Gasteiger partial charge >= 0.3 is 0 Å². The van der Waals surface area contributed by atoms with Gasteiger partial charge in [0, 0.05) is 15.8 Å². The molecule has 0 atom stereocenters. The van der Waals surface area contributed by atoms with Gasteiger partial charge in [0.2, 0.25) is 0 Å². The van der Waals surface area contributed by atoms with E-state index >= 15 is 0 Å². The number of fused-ring (bicyclic) bond motifs is 1. The van der Waals surface area contributed by atoms with Crippen LogP contribution in [0.25, 0.3) is 31.9 Å². The molecule has 2 aromatic heterocycles. The molecule has 0 N–H and O–H groups in total. The Bertz CT molecular complexity index is 999. The van der Waals surface area contributed by atoms with Crippen molar-refractivity contribution in [2.75, 3.05) is 0 Å². The average Bonchev–Trinajstić information content (AvgIpc) is 2.96. The van der Waals surface area contributed by atoms with E-state index in [1.807, 2.05) is 0 Å². The maximum Gasteiger partial charge on any atom is 0.124 e. The summed E-state index contributed by atoms with van der Waals surface area (Å²) in [6.45, 7) is 8.58. The number of pyridine rings is 1. The maximum absolute atomic E-state index is 4.94. The zero-order valence-corrected chi connectivity index (χ0v) is 15.9. The topological polar surface area (TPSA) is 12.9 Å². The van der Waals surface area contributed by atoms with Gasteiger partial charge in [-0.15, -0.1) is 11.3 Å². The number of aryl methyl sites for hydroxylation is 4. The van der Waals surface area contributed by atoms with Crippen LogP contribution in [-0.4, -0.2) is 4.98 Å². The Kier molecular flexibility index (Phi) is 3.93. The van der Waals surface area contributed by atoms with E-state index in [2.05, 4.69) is 82.3 Å². The summed E-state index contributed by atoms with van der Waals surface area (Å²) >= 11 is 1.77. The number of hydrogen-bond donors (Lipinski definition) is 0. The molecule has 0 aliphatic carbocycles. The highest BCUT2D eigenvalue weighted by Crippen LogP contribution is 2.35. The first kappa shape index (κ1) is 16.0. The summed E-state index contributed by atoms with van der Waals surface area (Å²) in [5, 5.41) is 1.22. The van der Waals surface area contributed by atoms with Crippen LogP contribution in [0.1, 0.15) is 22.3 Å². The Morgan fingerprint density at radius 2 is 1.20 bits per heavy atom. The molecule has 2 aromatic carbocycles. The summed E-state index contributed by atoms with van der Waals surface area (Å²) in [6.07, 6.45) is 0. The highest BCUT2D eigenvalue weighted by Gasteiger charge is 2.09. The predicted molar refractivity (Wildman–Crippen MR) is 109 cm³/mol. The number of rotatable bonds is 2. The highest BCUT2D eigenvalue weighted by atomic mass is 32.1. The van der Waals surface area contributed by atoms with E-state index in [1.165, 1.54) is 43.6 Å². The van der Waals surface area contributed by atoms with Crippen molar-refractivity contribution in [3.05, 3.63) is 76.9 Å². The lowest BCUT2D eigenvalue weighted by Crippen LogP contribution is -1.85. The van der Waals surface area contributed by atoms with E-state index in [-0.39, 0.29) is 0 Å². The number of benzene rings is 2. The van der Waals surface area contributed by atoms with Crippen LogP contribution in [0.4, 0.5) is 0 Å². The zero-order chi connectivity index (χ0) is 17.6. The zero-order valence-electron chi connectivity index (χ0n) is 15.1. The molecule has 4 aromatic rings. The van der Waals surface area contributed by atoms with Crippen LogP contribution in [0.3, 0.4) is 0 Å². The minimum Gasteiger partial charge on any atom is -0.237 e. The van der Waals surface area contributed by atoms with Gasteiger partial charge in [-0.2, -0.15) is 0 Å². The van der Waals surface area contributed by atoms with E-state index in [0.29, 0.717) is 0 Å². The van der Waals surface area contributed by atoms with E-state index in [4.69, 9.17) is 4.98 Å². The van der Waals surface area contributed by atoms with Gasteiger partial charge in [0.1, 0.15) is 4.83 Å². The first-order valence-electron chi connectivity index (χ1n) is 8.56. The molecule has 0 saturated carbocycles. The van der Waals surface area contributed by atoms with Crippen LogP contribution in [-0.2, 0) is 0 Å². The van der Waals surface area contributed by atoms with Crippen molar-refractivity contribution in [2.45, 2.75) is 27.7 Å². The fourth-order valence-corrected chi connectivity index (χ4v) is 4.48. The fraction of sp³-hybridized carbons (Fsp3) is 0.174. The summed E-state index contributed by atoms with van der Waals surface area (Å²) in [5.41, 5.74) is 8.69. The number of hydrogen-bond acceptors (Lipinski definition) is 2. The lowest BCUT2D eigenvalue weighted by molar-refractivity contribution is 1.35. The fourth-order valence-electron chi connectivity index (χ4n) is 3.46. The smallest absolute Gasteiger partial charge is 0.124 e. The Morgan fingerprint density at radius 1 is 0.640 bits per heavy atom. The van der Waals surface area contributed by atoms with E-state index in [0.717, 1.165) is 10.5 Å². The molecule has 25 heavy (non-hydrogen) atoms. The molecule has 4 rings (SSSR count). The van der Waals surface area contributed by atoms with Crippen LogP contribution >= 0.6 is 11.3 Å². The van der Waals surface area contributed by atoms with Crippen molar-refractivity contribution in [1.29, 1.82) is 0 Å². The first-order chi connectivity index (χ1) is 12.0. The lowest BCUT2D eigenvalue weighted by Gasteiger charge is -2.04. The van der Waals surface area contributed by atoms with Crippen LogP contribution < -0.4 is 0 Å². The van der Waals surface area contributed by atoms with E-state index in [9.17, 15) is 0 Å². The van der Waals surface area contributed by atoms with Crippen molar-refractivity contribution in [3.63, 3.8) is 0 Å². The predicted octanol–water partition coefficient (Wildman–Crippen LogP) is 6.86. The minimum absolute atomic E-state index is 1.05. The highest BCUT2D eigenvalue weighted by molar-refractivity contribution is 7.21. The van der Waals surface area contributed by atoms with Gasteiger partial charge in [-0.05, 0) is 63.6 Å². The molecule has 0 aliphatic rings. The Labute approximate surface area is 153 Å². The van der Waals surface area contributed by atoms with Crippen molar-refractivity contribution in [1.82, 2.24) is 4.98 Å². The van der Waals surface area contributed by atoms with Gasteiger partial charge in [0.25, 0.3) is 0 Å². The third kappa shape index (κ3) is 3.22. The van der Waals surface area contributed by atoms with Gasteiger partial charge in [-0.1, -0.05) is 46.5 Å². The number of thiophene rings is 1. The maximum atomic E-state index is 4.94. The second-order valence-corrected chi connectivity index (χ2v) is 7.98. The summed E-state index contributed by atoms with van der Waals surface area (Å²) < 4.78 is 0. The van der Waals surface area contributed by atoms with Crippen LogP contribution in [0.2, 0.25) is 0 Å². The summed E-state index contributed by atoms with van der Waals surface area (Å²) in [4.78, 5) is 7.32. The molecule has 0 radical (unpaired) electrons. The molecule has 0 spiro atoms. The summed E-state index contributed by atoms with van der Waals surface area (Å²) in [7, 11) is 0.